The van der Waals surface area contributed by atoms with Gasteiger partial charge in [0.15, 0.2) is 5.75 Å². The van der Waals surface area contributed by atoms with Crippen molar-refractivity contribution in [3.8, 4) is 22.4 Å². The predicted octanol–water partition coefficient (Wildman–Crippen LogP) is 4.73. The SMILES string of the molecule is N#Cc1ccc(OC(F)(F)F)c2nc(-c3ccccc3)sc12. The number of alkyl halides is 3. The molecule has 3 rings (SSSR count). The summed E-state index contributed by atoms with van der Waals surface area (Å²) < 4.78 is 41.8. The number of fused-ring (bicyclic) bond motifs is 1. The van der Waals surface area contributed by atoms with E-state index >= 15 is 0 Å². The zero-order chi connectivity index (χ0) is 15.7. The van der Waals surface area contributed by atoms with Gasteiger partial charge in [-0.3, -0.25) is 0 Å². The van der Waals surface area contributed by atoms with Crippen LogP contribution < -0.4 is 4.74 Å². The average molecular weight is 320 g/mol. The smallest absolute Gasteiger partial charge is 0.403 e. The maximum Gasteiger partial charge on any atom is 0.573 e. The molecule has 0 unspecified atom stereocenters. The van der Waals surface area contributed by atoms with Crippen molar-refractivity contribution in [2.24, 2.45) is 0 Å². The number of aromatic nitrogens is 1. The van der Waals surface area contributed by atoms with Gasteiger partial charge in [-0.2, -0.15) is 5.26 Å². The molecule has 0 radical (unpaired) electrons. The van der Waals surface area contributed by atoms with Crippen molar-refractivity contribution in [1.29, 1.82) is 5.26 Å². The van der Waals surface area contributed by atoms with Gasteiger partial charge in [0.25, 0.3) is 0 Å². The van der Waals surface area contributed by atoms with Crippen LogP contribution in [0, 0.1) is 11.3 Å². The lowest BCUT2D eigenvalue weighted by atomic mass is 10.2. The second kappa shape index (κ2) is 5.31. The molecule has 22 heavy (non-hydrogen) atoms. The van der Waals surface area contributed by atoms with E-state index in [-0.39, 0.29) is 11.1 Å². The molecule has 1 aromatic heterocycles. The van der Waals surface area contributed by atoms with Crippen LogP contribution in [0.15, 0.2) is 42.5 Å². The Morgan fingerprint density at radius 1 is 1.09 bits per heavy atom. The molecule has 2 aromatic carbocycles. The van der Waals surface area contributed by atoms with Crippen LogP contribution in [0.1, 0.15) is 5.56 Å². The molecule has 0 saturated carbocycles. The Kier molecular flexibility index (Phi) is 3.47. The van der Waals surface area contributed by atoms with Gasteiger partial charge in [0.1, 0.15) is 16.6 Å². The number of nitriles is 1. The summed E-state index contributed by atoms with van der Waals surface area (Å²) in [6.45, 7) is 0. The maximum absolute atomic E-state index is 12.5. The Bertz CT molecular complexity index is 866. The highest BCUT2D eigenvalue weighted by atomic mass is 32.1. The van der Waals surface area contributed by atoms with Crippen LogP contribution in [0.2, 0.25) is 0 Å². The minimum Gasteiger partial charge on any atom is -0.403 e. The summed E-state index contributed by atoms with van der Waals surface area (Å²) in [6, 6.07) is 13.4. The van der Waals surface area contributed by atoms with Crippen molar-refractivity contribution < 1.29 is 17.9 Å². The summed E-state index contributed by atoms with van der Waals surface area (Å²) in [5.74, 6) is -0.403. The number of thiazole rings is 1. The van der Waals surface area contributed by atoms with E-state index in [1.807, 2.05) is 12.1 Å². The van der Waals surface area contributed by atoms with Gasteiger partial charge in [-0.15, -0.1) is 24.5 Å². The van der Waals surface area contributed by atoms with Crippen molar-refractivity contribution in [1.82, 2.24) is 4.98 Å². The minimum absolute atomic E-state index is 0.0419. The fraction of sp³-hybridized carbons (Fsp3) is 0.0667. The Labute approximate surface area is 127 Å². The number of halogens is 3. The number of nitrogens with zero attached hydrogens (tertiary/aromatic N) is 2. The quantitative estimate of drug-likeness (QED) is 0.685. The highest BCUT2D eigenvalue weighted by Crippen LogP contribution is 2.38. The van der Waals surface area contributed by atoms with E-state index in [1.165, 1.54) is 6.07 Å². The second-order valence-corrected chi connectivity index (χ2v) is 5.33. The molecule has 1 heterocycles. The van der Waals surface area contributed by atoms with E-state index in [0.29, 0.717) is 9.71 Å². The van der Waals surface area contributed by atoms with Gasteiger partial charge in [0.05, 0.1) is 10.3 Å². The monoisotopic (exact) mass is 320 g/mol. The first-order valence-electron chi connectivity index (χ1n) is 6.13. The Balaban J connectivity index is 2.20. The fourth-order valence-electron chi connectivity index (χ4n) is 1.98. The normalized spacial score (nSPS) is 11.4. The minimum atomic E-state index is -4.81. The summed E-state index contributed by atoms with van der Waals surface area (Å²) >= 11 is 1.16. The van der Waals surface area contributed by atoms with Crippen molar-refractivity contribution >= 4 is 21.6 Å². The van der Waals surface area contributed by atoms with Crippen molar-refractivity contribution in [2.45, 2.75) is 6.36 Å². The molecule has 0 aliphatic heterocycles. The molecular formula is C15H7F3N2OS. The van der Waals surface area contributed by atoms with E-state index in [0.717, 1.165) is 23.0 Å². The van der Waals surface area contributed by atoms with Gasteiger partial charge >= 0.3 is 6.36 Å². The topological polar surface area (TPSA) is 45.9 Å². The predicted molar refractivity (Wildman–Crippen MR) is 76.5 cm³/mol. The molecule has 0 aliphatic carbocycles. The van der Waals surface area contributed by atoms with Gasteiger partial charge in [-0.05, 0) is 12.1 Å². The second-order valence-electron chi connectivity index (χ2n) is 4.33. The van der Waals surface area contributed by atoms with Crippen LogP contribution in [0.5, 0.6) is 5.75 Å². The molecule has 0 fully saturated rings. The Morgan fingerprint density at radius 3 is 2.45 bits per heavy atom. The summed E-state index contributed by atoms with van der Waals surface area (Å²) in [7, 11) is 0. The van der Waals surface area contributed by atoms with Gasteiger partial charge < -0.3 is 4.74 Å². The lowest BCUT2D eigenvalue weighted by Gasteiger charge is -2.09. The van der Waals surface area contributed by atoms with Crippen molar-refractivity contribution in [2.75, 3.05) is 0 Å². The number of rotatable bonds is 2. The van der Waals surface area contributed by atoms with Crippen molar-refractivity contribution in [3.63, 3.8) is 0 Å². The first kappa shape index (κ1) is 14.4. The van der Waals surface area contributed by atoms with Gasteiger partial charge in [-0.25, -0.2) is 4.98 Å². The molecule has 3 aromatic rings. The molecule has 110 valence electrons. The van der Waals surface area contributed by atoms with E-state index < -0.39 is 12.1 Å². The zero-order valence-electron chi connectivity index (χ0n) is 10.9. The lowest BCUT2D eigenvalue weighted by molar-refractivity contribution is -0.274. The molecule has 0 N–H and O–H groups in total. The molecule has 7 heteroatoms. The number of hydrogen-bond acceptors (Lipinski definition) is 4. The summed E-state index contributed by atoms with van der Waals surface area (Å²) in [4.78, 5) is 4.22. The van der Waals surface area contributed by atoms with Crippen LogP contribution in [-0.4, -0.2) is 11.3 Å². The summed E-state index contributed by atoms with van der Waals surface area (Å²) in [6.07, 6.45) is -4.81. The molecule has 0 saturated heterocycles. The van der Waals surface area contributed by atoms with Crippen LogP contribution >= 0.6 is 11.3 Å². The largest absolute Gasteiger partial charge is 0.573 e. The third kappa shape index (κ3) is 2.73. The Hall–Kier alpha value is -2.59. The third-order valence-corrected chi connectivity index (χ3v) is 4.01. The van der Waals surface area contributed by atoms with Gasteiger partial charge in [-0.1, -0.05) is 30.3 Å². The standard InChI is InChI=1S/C15H7F3N2OS/c16-15(17,18)21-11-7-6-10(8-19)13-12(11)20-14(22-13)9-4-2-1-3-5-9/h1-7H. The Morgan fingerprint density at radius 2 is 1.82 bits per heavy atom. The number of hydrogen-bond donors (Lipinski definition) is 0. The highest BCUT2D eigenvalue weighted by Gasteiger charge is 2.32. The first-order chi connectivity index (χ1) is 10.5. The van der Waals surface area contributed by atoms with Crippen LogP contribution in [0.25, 0.3) is 20.8 Å². The number of ether oxygens (including phenoxy) is 1. The van der Waals surface area contributed by atoms with Crippen LogP contribution in [0.4, 0.5) is 13.2 Å². The molecule has 3 nitrogen and oxygen atoms in total. The third-order valence-electron chi connectivity index (χ3n) is 2.87. The summed E-state index contributed by atoms with van der Waals surface area (Å²) in [5.41, 5.74) is 1.08. The molecule has 0 amide bonds. The fourth-order valence-corrected chi connectivity index (χ4v) is 3.03. The molecule has 0 aliphatic rings. The zero-order valence-corrected chi connectivity index (χ0v) is 11.7. The average Bonchev–Trinajstić information content (AvgIpc) is 2.93. The van der Waals surface area contributed by atoms with E-state index in [4.69, 9.17) is 5.26 Å². The molecule has 0 bridgehead atoms. The molecule has 0 atom stereocenters. The molecular weight excluding hydrogens is 313 g/mol. The van der Waals surface area contributed by atoms with E-state index in [1.54, 1.807) is 24.3 Å². The van der Waals surface area contributed by atoms with E-state index in [2.05, 4.69) is 9.72 Å². The number of benzene rings is 2. The van der Waals surface area contributed by atoms with Gasteiger partial charge in [0.2, 0.25) is 0 Å². The summed E-state index contributed by atoms with van der Waals surface area (Å²) in [5, 5.41) is 9.64. The lowest BCUT2D eigenvalue weighted by Crippen LogP contribution is -2.17. The first-order valence-corrected chi connectivity index (χ1v) is 6.94. The molecule has 0 spiro atoms. The maximum atomic E-state index is 12.5. The van der Waals surface area contributed by atoms with Crippen LogP contribution in [0.3, 0.4) is 0 Å². The van der Waals surface area contributed by atoms with Crippen LogP contribution in [-0.2, 0) is 0 Å². The van der Waals surface area contributed by atoms with Gasteiger partial charge in [0, 0.05) is 5.56 Å². The van der Waals surface area contributed by atoms with Crippen molar-refractivity contribution in [3.05, 3.63) is 48.0 Å². The highest BCUT2D eigenvalue weighted by molar-refractivity contribution is 7.22. The van der Waals surface area contributed by atoms with E-state index in [9.17, 15) is 13.2 Å².